The summed E-state index contributed by atoms with van der Waals surface area (Å²) in [7, 11) is 1.66. The first-order valence-corrected chi connectivity index (χ1v) is 11.6. The normalized spacial score (nSPS) is 35.8. The highest BCUT2D eigenvalue weighted by molar-refractivity contribution is 5.68. The van der Waals surface area contributed by atoms with Crippen molar-refractivity contribution in [3.8, 4) is 0 Å². The summed E-state index contributed by atoms with van der Waals surface area (Å²) in [4.78, 5) is 12.9. The minimum atomic E-state index is -0.563. The van der Waals surface area contributed by atoms with Gasteiger partial charge in [0.1, 0.15) is 29.5 Å². The number of methoxy groups -OCH3 is 1. The van der Waals surface area contributed by atoms with E-state index in [0.717, 1.165) is 12.8 Å². The molecular weight excluding hydrogens is 428 g/mol. The first kappa shape index (κ1) is 24.0. The van der Waals surface area contributed by atoms with Crippen LogP contribution in [0.2, 0.25) is 0 Å². The highest BCUT2D eigenvalue weighted by Crippen LogP contribution is 2.59. The Hall–Kier alpha value is -2.17. The first-order chi connectivity index (χ1) is 15.6. The number of hydrogen-bond acceptors (Lipinski definition) is 9. The van der Waals surface area contributed by atoms with Crippen LogP contribution in [-0.2, 0) is 18.9 Å². The van der Waals surface area contributed by atoms with Crippen LogP contribution in [0.25, 0.3) is 0 Å². The number of nitrogens with two attached hydrogens (primary N) is 1. The van der Waals surface area contributed by atoms with Gasteiger partial charge in [0, 0.05) is 7.11 Å². The van der Waals surface area contributed by atoms with E-state index in [1.165, 1.54) is 5.57 Å². The molecule has 3 N–H and O–H groups in total. The molecule has 0 radical (unpaired) electrons. The highest BCUT2D eigenvalue weighted by Gasteiger charge is 2.72. The quantitative estimate of drug-likeness (QED) is 0.439. The predicted octanol–water partition coefficient (Wildman–Crippen LogP) is 3.15. The van der Waals surface area contributed by atoms with Gasteiger partial charge in [-0.15, -0.1) is 5.10 Å². The Kier molecular flexibility index (Phi) is 6.45. The molecule has 0 unspecified atom stereocenters. The van der Waals surface area contributed by atoms with Crippen LogP contribution in [0.3, 0.4) is 0 Å². The second kappa shape index (κ2) is 8.88. The predicted molar refractivity (Wildman–Crippen MR) is 119 cm³/mol. The molecular formula is C23H36N4O6. The number of aromatic nitrogens is 2. The molecule has 10 nitrogen and oxygen atoms in total. The smallest absolute Gasteiger partial charge is 0.408 e. The molecule has 0 bridgehead atoms. The molecule has 184 valence electrons. The Balaban J connectivity index is 1.46. The van der Waals surface area contributed by atoms with Crippen molar-refractivity contribution in [1.29, 1.82) is 0 Å². The fraction of sp³-hybridized carbons (Fsp3) is 0.783. The molecule has 1 amide bonds. The van der Waals surface area contributed by atoms with Gasteiger partial charge in [-0.25, -0.2) is 4.79 Å². The van der Waals surface area contributed by atoms with Gasteiger partial charge in [-0.05, 0) is 46.0 Å². The van der Waals surface area contributed by atoms with Crippen molar-refractivity contribution in [2.75, 3.05) is 19.5 Å². The number of amides is 1. The van der Waals surface area contributed by atoms with Crippen LogP contribution in [0, 0.1) is 11.8 Å². The molecule has 3 fully saturated rings. The SMILES string of the molecule is CO[C@@H]1[C@H](OC(=O)N[C@H](c2nnc(N)o2)C(C)C)CC[C@]2(CO2)[C@H]1[C@@]1(C)O[C@@H]1CC=C(C)C. The largest absolute Gasteiger partial charge is 0.443 e. The summed E-state index contributed by atoms with van der Waals surface area (Å²) in [5.74, 6) is 0.205. The molecule has 0 aromatic carbocycles. The van der Waals surface area contributed by atoms with E-state index in [1.54, 1.807) is 7.11 Å². The lowest BCUT2D eigenvalue weighted by Crippen LogP contribution is -2.56. The number of hydrogen-bond donors (Lipinski definition) is 2. The zero-order valence-electron chi connectivity index (χ0n) is 20.3. The van der Waals surface area contributed by atoms with E-state index in [0.29, 0.717) is 13.0 Å². The Morgan fingerprint density at radius 3 is 2.64 bits per heavy atom. The molecule has 3 heterocycles. The third-order valence-electron chi connectivity index (χ3n) is 7.16. The number of ether oxygens (including phenoxy) is 4. The zero-order chi connectivity index (χ0) is 24.0. The molecule has 3 aliphatic rings. The van der Waals surface area contributed by atoms with Gasteiger partial charge in [-0.1, -0.05) is 30.6 Å². The first-order valence-electron chi connectivity index (χ1n) is 11.6. The lowest BCUT2D eigenvalue weighted by atomic mass is 9.68. The third-order valence-corrected chi connectivity index (χ3v) is 7.16. The van der Waals surface area contributed by atoms with Crippen LogP contribution < -0.4 is 11.1 Å². The maximum atomic E-state index is 12.9. The summed E-state index contributed by atoms with van der Waals surface area (Å²) in [5, 5.41) is 10.4. The van der Waals surface area contributed by atoms with E-state index >= 15 is 0 Å². The number of carbonyl (C=O) groups excluding carboxylic acids is 1. The van der Waals surface area contributed by atoms with Crippen LogP contribution in [0.4, 0.5) is 10.8 Å². The van der Waals surface area contributed by atoms with Crippen molar-refractivity contribution in [1.82, 2.24) is 15.5 Å². The lowest BCUT2D eigenvalue weighted by Gasteiger charge is -2.42. The molecule has 2 saturated heterocycles. The molecule has 10 heteroatoms. The number of anilines is 1. The minimum Gasteiger partial charge on any atom is -0.443 e. The Morgan fingerprint density at radius 2 is 2.09 bits per heavy atom. The fourth-order valence-corrected chi connectivity index (χ4v) is 5.25. The maximum absolute atomic E-state index is 12.9. The number of allylic oxidation sites excluding steroid dienone is 1. The van der Waals surface area contributed by atoms with Gasteiger partial charge in [0.15, 0.2) is 0 Å². The highest BCUT2D eigenvalue weighted by atomic mass is 16.6. The van der Waals surface area contributed by atoms with Crippen LogP contribution >= 0.6 is 0 Å². The van der Waals surface area contributed by atoms with Gasteiger partial charge in [0.05, 0.1) is 18.6 Å². The van der Waals surface area contributed by atoms with E-state index in [9.17, 15) is 4.79 Å². The summed E-state index contributed by atoms with van der Waals surface area (Å²) in [5.41, 5.74) is 6.15. The van der Waals surface area contributed by atoms with Gasteiger partial charge < -0.3 is 34.4 Å². The van der Waals surface area contributed by atoms with E-state index in [1.807, 2.05) is 13.8 Å². The summed E-state index contributed by atoms with van der Waals surface area (Å²) < 4.78 is 29.3. The van der Waals surface area contributed by atoms with Crippen LogP contribution in [0.1, 0.15) is 65.8 Å². The van der Waals surface area contributed by atoms with Crippen molar-refractivity contribution in [3.05, 3.63) is 17.5 Å². The van der Waals surface area contributed by atoms with E-state index in [2.05, 4.69) is 42.4 Å². The monoisotopic (exact) mass is 464 g/mol. The summed E-state index contributed by atoms with van der Waals surface area (Å²) in [6.45, 7) is 10.8. The summed E-state index contributed by atoms with van der Waals surface area (Å²) >= 11 is 0. The Bertz CT molecular complexity index is 893. The number of epoxide rings is 2. The van der Waals surface area contributed by atoms with Crippen LogP contribution in [-0.4, -0.2) is 59.5 Å². The minimum absolute atomic E-state index is 0.00697. The second-order valence-corrected chi connectivity index (χ2v) is 10.2. The number of carbonyl (C=O) groups is 1. The van der Waals surface area contributed by atoms with Gasteiger partial charge >= 0.3 is 12.1 Å². The van der Waals surface area contributed by atoms with Crippen molar-refractivity contribution in [3.63, 3.8) is 0 Å². The van der Waals surface area contributed by atoms with E-state index < -0.39 is 18.2 Å². The molecule has 1 aliphatic carbocycles. The van der Waals surface area contributed by atoms with Crippen molar-refractivity contribution in [2.45, 2.75) is 89.4 Å². The number of nitrogen functional groups attached to an aromatic ring is 1. The number of alkyl carbamates (subject to hydrolysis) is 1. The number of nitrogens with one attached hydrogen (secondary N) is 1. The van der Waals surface area contributed by atoms with Crippen molar-refractivity contribution >= 4 is 12.1 Å². The molecule has 7 atom stereocenters. The standard InChI is InChI=1S/C23H36N4O6/c1-12(2)7-8-15-22(5,33-15)18-17(29-6)14(9-10-23(18)11-30-23)31-21(28)25-16(13(3)4)19-26-27-20(24)32-19/h7,13-18H,8-11H2,1-6H3,(H2,24,27)(H,25,28)/t14-,15-,16+,17-,18-,22+,23+/m1/s1. The molecule has 1 spiro atoms. The summed E-state index contributed by atoms with van der Waals surface area (Å²) in [6, 6.07) is -0.561. The van der Waals surface area contributed by atoms with E-state index in [4.69, 9.17) is 29.1 Å². The van der Waals surface area contributed by atoms with Gasteiger partial charge in [0.2, 0.25) is 5.89 Å². The average molecular weight is 465 g/mol. The number of rotatable bonds is 8. The van der Waals surface area contributed by atoms with Crippen LogP contribution in [0.15, 0.2) is 16.1 Å². The van der Waals surface area contributed by atoms with Gasteiger partial charge in [-0.3, -0.25) is 0 Å². The van der Waals surface area contributed by atoms with Crippen molar-refractivity contribution in [2.24, 2.45) is 11.8 Å². The molecule has 1 aromatic heterocycles. The molecule has 2 aliphatic heterocycles. The van der Waals surface area contributed by atoms with Gasteiger partial charge in [-0.2, -0.15) is 0 Å². The molecule has 1 aromatic rings. The van der Waals surface area contributed by atoms with Crippen molar-refractivity contribution < 1.29 is 28.2 Å². The van der Waals surface area contributed by atoms with E-state index in [-0.39, 0.29) is 47.2 Å². The summed E-state index contributed by atoms with van der Waals surface area (Å²) in [6.07, 6.45) is 3.24. The number of nitrogens with zero attached hydrogens (tertiary/aromatic N) is 2. The molecule has 4 rings (SSSR count). The third kappa shape index (κ3) is 4.74. The Morgan fingerprint density at radius 1 is 1.36 bits per heavy atom. The molecule has 1 saturated carbocycles. The average Bonchev–Trinajstić information content (AvgIpc) is 3.62. The Labute approximate surface area is 194 Å². The second-order valence-electron chi connectivity index (χ2n) is 10.2. The topological polar surface area (TPSA) is 138 Å². The lowest BCUT2D eigenvalue weighted by molar-refractivity contribution is -0.118. The van der Waals surface area contributed by atoms with Gasteiger partial charge in [0.25, 0.3) is 0 Å². The maximum Gasteiger partial charge on any atom is 0.408 e. The van der Waals surface area contributed by atoms with Crippen LogP contribution in [0.5, 0.6) is 0 Å². The zero-order valence-corrected chi connectivity index (χ0v) is 20.3. The fourth-order valence-electron chi connectivity index (χ4n) is 5.25. The molecule has 33 heavy (non-hydrogen) atoms.